The molecule has 4 aromatic rings. The van der Waals surface area contributed by atoms with Gasteiger partial charge in [0.1, 0.15) is 18.1 Å². The van der Waals surface area contributed by atoms with Gasteiger partial charge < -0.3 is 14.5 Å². The molecule has 0 saturated carbocycles. The molecule has 0 aliphatic rings. The highest BCUT2D eigenvalue weighted by Crippen LogP contribution is 2.18. The van der Waals surface area contributed by atoms with E-state index in [4.69, 9.17) is 9.47 Å². The quantitative estimate of drug-likeness (QED) is 0.302. The summed E-state index contributed by atoms with van der Waals surface area (Å²) in [6.45, 7) is 0.517. The van der Waals surface area contributed by atoms with Crippen molar-refractivity contribution in [1.29, 1.82) is 0 Å². The summed E-state index contributed by atoms with van der Waals surface area (Å²) >= 11 is 0. The Kier molecular flexibility index (Phi) is 5.15. The molecule has 0 fully saturated rings. The van der Waals surface area contributed by atoms with E-state index < -0.39 is 5.97 Å². The van der Waals surface area contributed by atoms with E-state index in [0.29, 0.717) is 12.4 Å². The van der Waals surface area contributed by atoms with E-state index in [2.05, 4.69) is 9.97 Å². The molecule has 0 bridgehead atoms. The minimum Gasteiger partial charge on any atom is -0.489 e. The van der Waals surface area contributed by atoms with Crippen molar-refractivity contribution in [3.63, 3.8) is 0 Å². The van der Waals surface area contributed by atoms with Crippen molar-refractivity contribution in [2.45, 2.75) is 6.61 Å². The molecule has 0 radical (unpaired) electrons. The van der Waals surface area contributed by atoms with Crippen LogP contribution in [-0.2, 0) is 11.4 Å². The lowest BCUT2D eigenvalue weighted by Gasteiger charge is -2.06. The molecule has 0 spiro atoms. The van der Waals surface area contributed by atoms with Gasteiger partial charge in [-0.05, 0) is 41.5 Å². The van der Waals surface area contributed by atoms with Crippen molar-refractivity contribution < 1.29 is 14.3 Å². The Morgan fingerprint density at radius 2 is 1.75 bits per heavy atom. The zero-order chi connectivity index (χ0) is 19.2. The number of hydrogen-bond acceptors (Lipinski definition) is 4. The van der Waals surface area contributed by atoms with Crippen LogP contribution < -0.4 is 9.47 Å². The maximum Gasteiger partial charge on any atom is 0.336 e. The summed E-state index contributed by atoms with van der Waals surface area (Å²) in [4.78, 5) is 19.1. The number of imidazole rings is 1. The second-order valence-electron chi connectivity index (χ2n) is 6.18. The fourth-order valence-corrected chi connectivity index (χ4v) is 2.71. The van der Waals surface area contributed by atoms with Crippen molar-refractivity contribution in [1.82, 2.24) is 9.97 Å². The summed E-state index contributed by atoms with van der Waals surface area (Å²) in [7, 11) is 0. The predicted octanol–water partition coefficient (Wildman–Crippen LogP) is 4.76. The van der Waals surface area contributed by atoms with Gasteiger partial charge in [-0.25, -0.2) is 9.78 Å². The smallest absolute Gasteiger partial charge is 0.336 e. The highest BCUT2D eigenvalue weighted by Gasteiger charge is 2.03. The van der Waals surface area contributed by atoms with Crippen LogP contribution in [0.5, 0.6) is 11.5 Å². The summed E-state index contributed by atoms with van der Waals surface area (Å²) in [5.41, 5.74) is 3.64. The van der Waals surface area contributed by atoms with E-state index in [0.717, 1.165) is 27.9 Å². The van der Waals surface area contributed by atoms with Crippen molar-refractivity contribution in [2.24, 2.45) is 0 Å². The van der Waals surface area contributed by atoms with Crippen molar-refractivity contribution in [3.8, 4) is 11.5 Å². The number of nitrogens with zero attached hydrogens (tertiary/aromatic N) is 1. The van der Waals surface area contributed by atoms with Crippen molar-refractivity contribution in [3.05, 3.63) is 96.3 Å². The molecule has 0 saturated heterocycles. The second kappa shape index (κ2) is 8.22. The third-order valence-electron chi connectivity index (χ3n) is 4.15. The Bertz CT molecular complexity index is 1100. The number of benzene rings is 3. The van der Waals surface area contributed by atoms with Crippen LogP contribution in [0.25, 0.3) is 17.1 Å². The summed E-state index contributed by atoms with van der Waals surface area (Å²) in [6.07, 6.45) is 4.71. The van der Waals surface area contributed by atoms with Crippen LogP contribution in [0.4, 0.5) is 0 Å². The Morgan fingerprint density at radius 1 is 0.964 bits per heavy atom. The van der Waals surface area contributed by atoms with Crippen LogP contribution in [0, 0.1) is 0 Å². The Morgan fingerprint density at radius 3 is 2.57 bits per heavy atom. The minimum absolute atomic E-state index is 0.441. The molecule has 1 aromatic heterocycles. The summed E-state index contributed by atoms with van der Waals surface area (Å²) in [5.74, 6) is 0.802. The van der Waals surface area contributed by atoms with E-state index >= 15 is 0 Å². The van der Waals surface area contributed by atoms with Gasteiger partial charge in [0.05, 0.1) is 17.4 Å². The predicted molar refractivity (Wildman–Crippen MR) is 108 cm³/mol. The Labute approximate surface area is 162 Å². The third kappa shape index (κ3) is 4.45. The molecular weight excluding hydrogens is 352 g/mol. The van der Waals surface area contributed by atoms with Gasteiger partial charge in [0, 0.05) is 12.1 Å². The first-order valence-corrected chi connectivity index (χ1v) is 8.86. The van der Waals surface area contributed by atoms with Gasteiger partial charge in [0.25, 0.3) is 0 Å². The highest BCUT2D eigenvalue weighted by atomic mass is 16.5. The number of ether oxygens (including phenoxy) is 2. The van der Waals surface area contributed by atoms with Gasteiger partial charge >= 0.3 is 5.97 Å². The van der Waals surface area contributed by atoms with E-state index in [1.165, 1.54) is 6.08 Å². The number of aromatic nitrogens is 2. The number of rotatable bonds is 6. The second-order valence-corrected chi connectivity index (χ2v) is 6.18. The summed E-state index contributed by atoms with van der Waals surface area (Å²) in [5, 5.41) is 0. The first-order chi connectivity index (χ1) is 13.8. The molecule has 5 heteroatoms. The molecule has 0 amide bonds. The lowest BCUT2D eigenvalue weighted by atomic mass is 10.2. The average molecular weight is 370 g/mol. The van der Waals surface area contributed by atoms with Crippen LogP contribution >= 0.6 is 0 Å². The first-order valence-electron chi connectivity index (χ1n) is 8.86. The number of H-pyrrole nitrogens is 1. The first kappa shape index (κ1) is 17.5. The van der Waals surface area contributed by atoms with E-state index in [1.807, 2.05) is 54.6 Å². The lowest BCUT2D eigenvalue weighted by Crippen LogP contribution is -2.03. The number of esters is 1. The molecule has 0 aliphatic heterocycles. The van der Waals surface area contributed by atoms with Gasteiger partial charge in [0.2, 0.25) is 0 Å². The van der Waals surface area contributed by atoms with E-state index in [1.54, 1.807) is 30.6 Å². The summed E-state index contributed by atoms with van der Waals surface area (Å²) in [6, 6.07) is 22.8. The standard InChI is InChI=1S/C23H18N2O3/c26-23(28-20-11-12-21-22(14-20)25-16-24-21)13-8-17-6-9-19(10-7-17)27-15-18-4-2-1-3-5-18/h1-14,16H,15H2,(H,24,25)/b13-8+. The molecule has 5 nitrogen and oxygen atoms in total. The van der Waals surface area contributed by atoms with E-state index in [9.17, 15) is 4.79 Å². The van der Waals surface area contributed by atoms with Crippen LogP contribution in [0.1, 0.15) is 11.1 Å². The number of fused-ring (bicyclic) bond motifs is 1. The maximum atomic E-state index is 12.0. The number of carbonyl (C=O) groups is 1. The van der Waals surface area contributed by atoms with Gasteiger partial charge in [-0.1, -0.05) is 42.5 Å². The molecule has 138 valence electrons. The van der Waals surface area contributed by atoms with Gasteiger partial charge in [-0.3, -0.25) is 0 Å². The molecule has 1 heterocycles. The fraction of sp³-hybridized carbons (Fsp3) is 0.0435. The largest absolute Gasteiger partial charge is 0.489 e. The molecule has 28 heavy (non-hydrogen) atoms. The molecule has 3 aromatic carbocycles. The Hall–Kier alpha value is -3.86. The van der Waals surface area contributed by atoms with Crippen LogP contribution in [0.3, 0.4) is 0 Å². The molecule has 0 aliphatic carbocycles. The SMILES string of the molecule is O=C(/C=C/c1ccc(OCc2ccccc2)cc1)Oc1ccc2nc[nH]c2c1. The average Bonchev–Trinajstić information content (AvgIpc) is 3.20. The van der Waals surface area contributed by atoms with Gasteiger partial charge in [0.15, 0.2) is 0 Å². The highest BCUT2D eigenvalue weighted by molar-refractivity contribution is 5.89. The molecule has 1 N–H and O–H groups in total. The molecular formula is C23H18N2O3. The zero-order valence-electron chi connectivity index (χ0n) is 15.0. The third-order valence-corrected chi connectivity index (χ3v) is 4.15. The number of hydrogen-bond donors (Lipinski definition) is 1. The van der Waals surface area contributed by atoms with Gasteiger partial charge in [-0.2, -0.15) is 0 Å². The van der Waals surface area contributed by atoms with Crippen molar-refractivity contribution >= 4 is 23.1 Å². The lowest BCUT2D eigenvalue weighted by molar-refractivity contribution is -0.128. The van der Waals surface area contributed by atoms with E-state index in [-0.39, 0.29) is 0 Å². The van der Waals surface area contributed by atoms with Gasteiger partial charge in [-0.15, -0.1) is 0 Å². The topological polar surface area (TPSA) is 64.2 Å². The number of nitrogens with one attached hydrogen (secondary N) is 1. The number of aromatic amines is 1. The van der Waals surface area contributed by atoms with Crippen LogP contribution in [-0.4, -0.2) is 15.9 Å². The monoisotopic (exact) mass is 370 g/mol. The Balaban J connectivity index is 1.32. The van der Waals surface area contributed by atoms with Crippen molar-refractivity contribution in [2.75, 3.05) is 0 Å². The van der Waals surface area contributed by atoms with Crippen LogP contribution in [0.2, 0.25) is 0 Å². The normalized spacial score (nSPS) is 11.0. The molecule has 4 rings (SSSR count). The molecule has 0 atom stereocenters. The fourth-order valence-electron chi connectivity index (χ4n) is 2.71. The minimum atomic E-state index is -0.441. The maximum absolute atomic E-state index is 12.0. The number of carbonyl (C=O) groups excluding carboxylic acids is 1. The van der Waals surface area contributed by atoms with Crippen LogP contribution in [0.15, 0.2) is 85.2 Å². The summed E-state index contributed by atoms with van der Waals surface area (Å²) < 4.78 is 11.1. The molecule has 0 unspecified atom stereocenters. The zero-order valence-corrected chi connectivity index (χ0v) is 15.0.